The predicted octanol–water partition coefficient (Wildman–Crippen LogP) is 4.39. The van der Waals surface area contributed by atoms with Crippen molar-refractivity contribution >= 4 is 29.2 Å². The van der Waals surface area contributed by atoms with Crippen molar-refractivity contribution in [2.24, 2.45) is 0 Å². The summed E-state index contributed by atoms with van der Waals surface area (Å²) in [4.78, 5) is 23.5. The highest BCUT2D eigenvalue weighted by Gasteiger charge is 2.18. The highest BCUT2D eigenvalue weighted by molar-refractivity contribution is 6.33. The number of benzene rings is 1. The van der Waals surface area contributed by atoms with Gasteiger partial charge in [-0.25, -0.2) is 4.79 Å². The zero-order valence-electron chi connectivity index (χ0n) is 17.1. The number of carbonyl (C=O) groups is 2. The van der Waals surface area contributed by atoms with Crippen LogP contribution >= 0.6 is 11.6 Å². The van der Waals surface area contributed by atoms with Crippen molar-refractivity contribution in [3.05, 3.63) is 40.1 Å². The lowest BCUT2D eigenvalue weighted by molar-refractivity contribution is -0.116. The van der Waals surface area contributed by atoms with E-state index in [0.29, 0.717) is 31.1 Å². The van der Waals surface area contributed by atoms with Gasteiger partial charge in [0, 0.05) is 37.3 Å². The molecule has 0 bridgehead atoms. The number of rotatable bonds is 7. The summed E-state index contributed by atoms with van der Waals surface area (Å²) >= 11 is 6.32. The van der Waals surface area contributed by atoms with Crippen molar-refractivity contribution < 1.29 is 14.3 Å². The van der Waals surface area contributed by atoms with Gasteiger partial charge in [0.1, 0.15) is 5.60 Å². The molecule has 0 spiro atoms. The molecule has 0 radical (unpaired) electrons. The highest BCUT2D eigenvalue weighted by Crippen LogP contribution is 2.29. The monoisotopic (exact) mass is 407 g/mol. The number of hydrogen-bond acceptors (Lipinski definition) is 5. The van der Waals surface area contributed by atoms with Gasteiger partial charge in [0.05, 0.1) is 10.7 Å². The predicted molar refractivity (Wildman–Crippen MR) is 113 cm³/mol. The van der Waals surface area contributed by atoms with E-state index in [2.05, 4.69) is 16.0 Å². The van der Waals surface area contributed by atoms with Crippen molar-refractivity contribution in [3.8, 4) is 0 Å². The van der Waals surface area contributed by atoms with Crippen molar-refractivity contribution in [3.63, 3.8) is 0 Å². The molecule has 2 rings (SSSR count). The Morgan fingerprint density at radius 2 is 1.96 bits per heavy atom. The van der Waals surface area contributed by atoms with E-state index in [1.54, 1.807) is 0 Å². The Morgan fingerprint density at radius 3 is 2.68 bits per heavy atom. The summed E-state index contributed by atoms with van der Waals surface area (Å²) in [6, 6.07) is 5.78. The molecule has 0 saturated heterocycles. The Kier molecular flexibility index (Phi) is 7.89. The Morgan fingerprint density at radius 1 is 1.21 bits per heavy atom. The molecule has 154 valence electrons. The number of amides is 1. The average molecular weight is 408 g/mol. The standard InChI is InChI=1S/C21H30ClN3O3/c1-14-17(6-5-7-19(14)26)25-18-12-15(8-9-16(18)22)13-23-10-11-24-20(27)28-21(2,3)4/h8-9,12,23,25H,5-7,10-11,13H2,1-4H3,(H,24,27). The number of carbonyl (C=O) groups excluding carboxylic acids is 2. The van der Waals surface area contributed by atoms with Crippen LogP contribution in [0.5, 0.6) is 0 Å². The Labute approximate surface area is 172 Å². The van der Waals surface area contributed by atoms with Crippen LogP contribution in [0.4, 0.5) is 10.5 Å². The molecule has 28 heavy (non-hydrogen) atoms. The molecule has 1 aliphatic rings. The van der Waals surface area contributed by atoms with Gasteiger partial charge in [0.15, 0.2) is 5.78 Å². The smallest absolute Gasteiger partial charge is 0.407 e. The first-order valence-corrected chi connectivity index (χ1v) is 9.99. The summed E-state index contributed by atoms with van der Waals surface area (Å²) in [6.45, 7) is 9.08. The fourth-order valence-corrected chi connectivity index (χ4v) is 3.03. The third-order valence-electron chi connectivity index (χ3n) is 4.32. The molecular weight excluding hydrogens is 378 g/mol. The first-order chi connectivity index (χ1) is 13.2. The van der Waals surface area contributed by atoms with Gasteiger partial charge in [-0.15, -0.1) is 0 Å². The van der Waals surface area contributed by atoms with Crippen LogP contribution in [0.25, 0.3) is 0 Å². The molecule has 0 saturated carbocycles. The second-order valence-electron chi connectivity index (χ2n) is 7.92. The maximum absolute atomic E-state index is 11.9. The summed E-state index contributed by atoms with van der Waals surface area (Å²) in [5, 5.41) is 9.95. The van der Waals surface area contributed by atoms with E-state index in [-0.39, 0.29) is 5.78 Å². The van der Waals surface area contributed by atoms with Crippen LogP contribution in [0.3, 0.4) is 0 Å². The maximum Gasteiger partial charge on any atom is 0.407 e. The number of halogens is 1. The number of alkyl carbamates (subject to hydrolysis) is 1. The first kappa shape index (κ1) is 22.2. The van der Waals surface area contributed by atoms with Crippen LogP contribution in [-0.4, -0.2) is 30.6 Å². The quantitative estimate of drug-likeness (QED) is 0.584. The highest BCUT2D eigenvalue weighted by atomic mass is 35.5. The first-order valence-electron chi connectivity index (χ1n) is 9.61. The molecule has 7 heteroatoms. The van der Waals surface area contributed by atoms with Gasteiger partial charge in [-0.2, -0.15) is 0 Å². The van der Waals surface area contributed by atoms with Gasteiger partial charge in [-0.05, 0) is 58.2 Å². The molecule has 0 heterocycles. The van der Waals surface area contributed by atoms with E-state index >= 15 is 0 Å². The average Bonchev–Trinajstić information content (AvgIpc) is 2.59. The van der Waals surface area contributed by atoms with E-state index in [1.807, 2.05) is 45.9 Å². The minimum Gasteiger partial charge on any atom is -0.444 e. The lowest BCUT2D eigenvalue weighted by Gasteiger charge is -2.20. The summed E-state index contributed by atoms with van der Waals surface area (Å²) in [5.41, 5.74) is 3.10. The van der Waals surface area contributed by atoms with Crippen LogP contribution in [0.2, 0.25) is 5.02 Å². The van der Waals surface area contributed by atoms with Gasteiger partial charge >= 0.3 is 6.09 Å². The Balaban J connectivity index is 1.84. The molecule has 1 amide bonds. The second kappa shape index (κ2) is 9.94. The minimum atomic E-state index is -0.499. The Bertz CT molecular complexity index is 754. The molecule has 1 aromatic rings. The molecular formula is C21H30ClN3O3. The lowest BCUT2D eigenvalue weighted by Crippen LogP contribution is -2.36. The number of ether oxygens (including phenoxy) is 1. The number of nitrogens with one attached hydrogen (secondary N) is 3. The number of ketones is 1. The summed E-state index contributed by atoms with van der Waals surface area (Å²) in [5.74, 6) is 0.195. The molecule has 1 aliphatic carbocycles. The Hall–Kier alpha value is -2.05. The molecule has 0 aromatic heterocycles. The largest absolute Gasteiger partial charge is 0.444 e. The van der Waals surface area contributed by atoms with Crippen molar-refractivity contribution in [1.82, 2.24) is 10.6 Å². The number of allylic oxidation sites excluding steroid dienone is 2. The third kappa shape index (κ3) is 7.17. The minimum absolute atomic E-state index is 0.195. The topological polar surface area (TPSA) is 79.5 Å². The van der Waals surface area contributed by atoms with E-state index in [4.69, 9.17) is 16.3 Å². The summed E-state index contributed by atoms with van der Waals surface area (Å²) in [7, 11) is 0. The molecule has 0 fully saturated rings. The van der Waals surface area contributed by atoms with Crippen LogP contribution < -0.4 is 16.0 Å². The van der Waals surface area contributed by atoms with E-state index in [1.165, 1.54) is 0 Å². The van der Waals surface area contributed by atoms with Crippen LogP contribution in [-0.2, 0) is 16.1 Å². The molecule has 0 unspecified atom stereocenters. The van der Waals surface area contributed by atoms with Crippen molar-refractivity contribution in [2.45, 2.75) is 59.1 Å². The fourth-order valence-electron chi connectivity index (χ4n) is 2.87. The van der Waals surface area contributed by atoms with Gasteiger partial charge < -0.3 is 20.7 Å². The molecule has 0 atom stereocenters. The molecule has 6 nitrogen and oxygen atoms in total. The second-order valence-corrected chi connectivity index (χ2v) is 8.33. The van der Waals surface area contributed by atoms with Crippen LogP contribution in [0, 0.1) is 0 Å². The van der Waals surface area contributed by atoms with Gasteiger partial charge in [-0.1, -0.05) is 17.7 Å². The molecule has 1 aromatic carbocycles. The van der Waals surface area contributed by atoms with E-state index < -0.39 is 11.7 Å². The molecule has 3 N–H and O–H groups in total. The summed E-state index contributed by atoms with van der Waals surface area (Å²) in [6.07, 6.45) is 1.92. The van der Waals surface area contributed by atoms with Gasteiger partial charge in [-0.3, -0.25) is 4.79 Å². The van der Waals surface area contributed by atoms with Crippen LogP contribution in [0.15, 0.2) is 29.5 Å². The molecule has 0 aliphatic heterocycles. The maximum atomic E-state index is 11.9. The van der Waals surface area contributed by atoms with Gasteiger partial charge in [0.25, 0.3) is 0 Å². The van der Waals surface area contributed by atoms with E-state index in [9.17, 15) is 9.59 Å². The third-order valence-corrected chi connectivity index (χ3v) is 4.65. The lowest BCUT2D eigenvalue weighted by atomic mass is 9.96. The van der Waals surface area contributed by atoms with Gasteiger partial charge in [0.2, 0.25) is 0 Å². The number of hydrogen-bond donors (Lipinski definition) is 3. The number of Topliss-reactive ketones (excluding diaryl/α,β-unsaturated/α-hetero) is 1. The fraction of sp³-hybridized carbons (Fsp3) is 0.524. The zero-order valence-corrected chi connectivity index (χ0v) is 17.8. The zero-order chi connectivity index (χ0) is 20.7. The van der Waals surface area contributed by atoms with E-state index in [0.717, 1.165) is 35.4 Å². The van der Waals surface area contributed by atoms with Crippen LogP contribution in [0.1, 0.15) is 52.5 Å². The SMILES string of the molecule is CC1=C(Nc2cc(CNCCNC(=O)OC(C)(C)C)ccc2Cl)CCCC1=O. The number of anilines is 1. The van der Waals surface area contributed by atoms with Crippen molar-refractivity contribution in [2.75, 3.05) is 18.4 Å². The normalized spacial score (nSPS) is 14.8. The van der Waals surface area contributed by atoms with Crippen molar-refractivity contribution in [1.29, 1.82) is 0 Å². The summed E-state index contributed by atoms with van der Waals surface area (Å²) < 4.78 is 5.19.